The normalized spacial score (nSPS) is 10.6. The van der Waals surface area contributed by atoms with E-state index in [0.717, 1.165) is 9.13 Å². The summed E-state index contributed by atoms with van der Waals surface area (Å²) < 4.78 is 2.91. The molecule has 0 radical (unpaired) electrons. The molecular weight excluding hydrogens is 300 g/mol. The van der Waals surface area contributed by atoms with Crippen molar-refractivity contribution < 1.29 is 9.90 Å². The zero-order valence-electron chi connectivity index (χ0n) is 12.4. The van der Waals surface area contributed by atoms with Crippen molar-refractivity contribution in [1.29, 1.82) is 0 Å². The summed E-state index contributed by atoms with van der Waals surface area (Å²) in [7, 11) is 0. The minimum atomic E-state index is -1.35. The first-order chi connectivity index (χ1) is 11.0. The fourth-order valence-corrected chi connectivity index (χ4v) is 2.34. The van der Waals surface area contributed by atoms with E-state index in [1.165, 1.54) is 22.8 Å². The largest absolute Gasteiger partial charge is 0.464 e. The van der Waals surface area contributed by atoms with Crippen molar-refractivity contribution in [3.8, 4) is 0 Å². The summed E-state index contributed by atoms with van der Waals surface area (Å²) in [5.74, 6) is 0.119. The van der Waals surface area contributed by atoms with E-state index in [1.807, 2.05) is 0 Å². The smallest absolute Gasteiger partial charge is 0.417 e. The molecule has 120 valence electrons. The maximum absolute atomic E-state index is 12.6. The van der Waals surface area contributed by atoms with E-state index >= 15 is 0 Å². The number of fused-ring (bicyclic) bond motifs is 1. The first-order valence-electron chi connectivity index (χ1n) is 6.78. The molecule has 23 heavy (non-hydrogen) atoms. The summed E-state index contributed by atoms with van der Waals surface area (Å²) in [6.07, 6.45) is 3.12. The van der Waals surface area contributed by atoms with Crippen molar-refractivity contribution >= 4 is 17.3 Å². The van der Waals surface area contributed by atoms with Gasteiger partial charge in [0.1, 0.15) is 5.82 Å². The minimum Gasteiger partial charge on any atom is -0.464 e. The predicted molar refractivity (Wildman–Crippen MR) is 86.0 cm³/mol. The molecule has 0 aliphatic rings. The molecule has 0 atom stereocenters. The number of nitrogens with zero attached hydrogens (tertiary/aromatic N) is 4. The Morgan fingerprint density at radius 3 is 2.22 bits per heavy atom. The van der Waals surface area contributed by atoms with Gasteiger partial charge < -0.3 is 5.11 Å². The van der Waals surface area contributed by atoms with Crippen molar-refractivity contribution in [1.82, 2.24) is 18.7 Å². The van der Waals surface area contributed by atoms with Gasteiger partial charge in [-0.3, -0.25) is 13.9 Å². The number of aromatic nitrogens is 4. The fourth-order valence-electron chi connectivity index (χ4n) is 2.34. The van der Waals surface area contributed by atoms with Gasteiger partial charge >= 0.3 is 11.8 Å². The van der Waals surface area contributed by atoms with Crippen LogP contribution in [0.4, 0.5) is 4.79 Å². The predicted octanol–water partition coefficient (Wildman–Crippen LogP) is 0.986. The van der Waals surface area contributed by atoms with Gasteiger partial charge in [-0.1, -0.05) is 18.2 Å². The van der Waals surface area contributed by atoms with E-state index in [0.29, 0.717) is 0 Å². The molecule has 2 aromatic heterocycles. The fraction of sp³-hybridized carbons (Fsp3) is 0.200. The molecule has 8 heteroatoms. The van der Waals surface area contributed by atoms with Gasteiger partial charge in [-0.25, -0.2) is 19.1 Å². The van der Waals surface area contributed by atoms with E-state index in [2.05, 4.69) is 24.7 Å². The number of hydrogen-bond donors (Lipinski definition) is 1. The summed E-state index contributed by atoms with van der Waals surface area (Å²) >= 11 is 0. The number of carboxylic acid groups (broad SMARTS) is 1. The van der Waals surface area contributed by atoms with Crippen LogP contribution in [0.2, 0.25) is 0 Å². The Morgan fingerprint density at radius 2 is 1.70 bits per heavy atom. The second-order valence-corrected chi connectivity index (χ2v) is 4.70. The molecule has 0 aliphatic carbocycles. The topological polar surface area (TPSA) is 99.1 Å². The molecule has 2 heterocycles. The second-order valence-electron chi connectivity index (χ2n) is 4.70. The highest BCUT2D eigenvalue weighted by atomic mass is 16.4. The number of rotatable bonds is 6. The zero-order chi connectivity index (χ0) is 17.1. The Bertz CT molecular complexity index is 930. The van der Waals surface area contributed by atoms with Crippen LogP contribution in [0.5, 0.6) is 0 Å². The molecule has 0 bridgehead atoms. The van der Waals surface area contributed by atoms with E-state index in [9.17, 15) is 19.5 Å². The van der Waals surface area contributed by atoms with Crippen LogP contribution in [0.3, 0.4) is 0 Å². The summed E-state index contributed by atoms with van der Waals surface area (Å²) in [6, 6.07) is 0. The van der Waals surface area contributed by atoms with Crippen molar-refractivity contribution in [2.24, 2.45) is 0 Å². The highest BCUT2D eigenvalue weighted by molar-refractivity contribution is 5.84. The minimum absolute atomic E-state index is 0.0134. The van der Waals surface area contributed by atoms with Gasteiger partial charge in [0.25, 0.3) is 5.56 Å². The maximum atomic E-state index is 12.6. The Labute approximate surface area is 130 Å². The van der Waals surface area contributed by atoms with Crippen LogP contribution < -0.4 is 11.2 Å². The lowest BCUT2D eigenvalue weighted by atomic mass is 10.4. The van der Waals surface area contributed by atoms with Crippen molar-refractivity contribution in [3.63, 3.8) is 0 Å². The quantitative estimate of drug-likeness (QED) is 0.801. The third kappa shape index (κ3) is 2.54. The van der Waals surface area contributed by atoms with Gasteiger partial charge in [-0.05, 0) is 0 Å². The molecule has 0 amide bonds. The van der Waals surface area contributed by atoms with Crippen molar-refractivity contribution in [3.05, 3.63) is 64.6 Å². The summed E-state index contributed by atoms with van der Waals surface area (Å²) in [5.41, 5.74) is -1.48. The van der Waals surface area contributed by atoms with Crippen molar-refractivity contribution in [2.45, 2.75) is 19.5 Å². The molecule has 0 spiro atoms. The molecule has 0 unspecified atom stereocenters. The standard InChI is InChI=1S/C15H16N4O4/c1-4-7-10-16-12-11(19(10)15(22)23)13(20)18(9-6-3)14(21)17(12)8-5-2/h4-6H,1-3,7-9H2,(H,22,23). The summed E-state index contributed by atoms with van der Waals surface area (Å²) in [5, 5.41) is 9.43. The molecule has 0 aliphatic heterocycles. The highest BCUT2D eigenvalue weighted by Gasteiger charge is 2.23. The first kappa shape index (κ1) is 16.2. The number of hydrogen-bond acceptors (Lipinski definition) is 4. The molecular formula is C15H16N4O4. The second kappa shape index (κ2) is 6.30. The Balaban J connectivity index is 3.07. The Hall–Kier alpha value is -3.16. The number of allylic oxidation sites excluding steroid dienone is 3. The lowest BCUT2D eigenvalue weighted by molar-refractivity contribution is 0.196. The summed E-state index contributed by atoms with van der Waals surface area (Å²) in [4.78, 5) is 40.7. The number of carbonyl (C=O) groups is 1. The molecule has 0 fully saturated rings. The third-order valence-corrected chi connectivity index (χ3v) is 3.24. The van der Waals surface area contributed by atoms with Crippen LogP contribution in [0.15, 0.2) is 47.6 Å². The van der Waals surface area contributed by atoms with Crippen LogP contribution in [-0.4, -0.2) is 29.9 Å². The molecule has 2 rings (SSSR count). The Kier molecular flexibility index (Phi) is 4.44. The monoisotopic (exact) mass is 316 g/mol. The van der Waals surface area contributed by atoms with Gasteiger partial charge in [0, 0.05) is 19.5 Å². The van der Waals surface area contributed by atoms with Crippen LogP contribution in [-0.2, 0) is 19.5 Å². The lowest BCUT2D eigenvalue weighted by Crippen LogP contribution is -2.40. The molecule has 0 aromatic carbocycles. The van der Waals surface area contributed by atoms with Gasteiger partial charge in [0.05, 0.1) is 0 Å². The first-order valence-corrected chi connectivity index (χ1v) is 6.78. The molecule has 2 aromatic rings. The SMILES string of the molecule is C=CCc1nc2c(c(=O)n(CC=C)c(=O)n2CC=C)n1C(=O)O. The van der Waals surface area contributed by atoms with Gasteiger partial charge in [0.2, 0.25) is 0 Å². The van der Waals surface area contributed by atoms with Gasteiger partial charge in [0.15, 0.2) is 11.2 Å². The van der Waals surface area contributed by atoms with Crippen LogP contribution in [0, 0.1) is 0 Å². The van der Waals surface area contributed by atoms with Gasteiger partial charge in [-0.2, -0.15) is 0 Å². The summed E-state index contributed by atoms with van der Waals surface area (Å²) in [6.45, 7) is 10.7. The lowest BCUT2D eigenvalue weighted by Gasteiger charge is -2.08. The highest BCUT2D eigenvalue weighted by Crippen LogP contribution is 2.12. The average Bonchev–Trinajstić information content (AvgIpc) is 2.88. The van der Waals surface area contributed by atoms with E-state index < -0.39 is 17.3 Å². The van der Waals surface area contributed by atoms with Crippen LogP contribution >= 0.6 is 0 Å². The van der Waals surface area contributed by atoms with Crippen LogP contribution in [0.1, 0.15) is 5.82 Å². The average molecular weight is 316 g/mol. The van der Waals surface area contributed by atoms with E-state index in [4.69, 9.17) is 0 Å². The Morgan fingerprint density at radius 1 is 1.09 bits per heavy atom. The number of imidazole rings is 1. The van der Waals surface area contributed by atoms with E-state index in [-0.39, 0.29) is 36.5 Å². The maximum Gasteiger partial charge on any atom is 0.417 e. The third-order valence-electron chi connectivity index (χ3n) is 3.24. The van der Waals surface area contributed by atoms with Gasteiger partial charge in [-0.15, -0.1) is 19.7 Å². The zero-order valence-corrected chi connectivity index (χ0v) is 12.4. The molecule has 8 nitrogen and oxygen atoms in total. The molecule has 0 saturated carbocycles. The van der Waals surface area contributed by atoms with Crippen molar-refractivity contribution in [2.75, 3.05) is 0 Å². The molecule has 1 N–H and O–H groups in total. The molecule has 0 saturated heterocycles. The van der Waals surface area contributed by atoms with Crippen LogP contribution in [0.25, 0.3) is 11.2 Å². The van der Waals surface area contributed by atoms with E-state index in [1.54, 1.807) is 0 Å².